The fourth-order valence-electron chi connectivity index (χ4n) is 3.52. The van der Waals surface area contributed by atoms with Crippen molar-refractivity contribution in [3.63, 3.8) is 0 Å². The summed E-state index contributed by atoms with van der Waals surface area (Å²) in [6.07, 6.45) is 2.99. The average Bonchev–Trinajstić information content (AvgIpc) is 2.85. The molecule has 4 rings (SSSR count). The first-order chi connectivity index (χ1) is 9.66. The highest BCUT2D eigenvalue weighted by molar-refractivity contribution is 6.01. The van der Waals surface area contributed by atoms with Gasteiger partial charge in [0, 0.05) is 23.6 Å². The van der Waals surface area contributed by atoms with Gasteiger partial charge in [-0.15, -0.1) is 0 Å². The largest absolute Gasteiger partial charge is 0.260 e. The van der Waals surface area contributed by atoms with Crippen molar-refractivity contribution in [3.05, 3.63) is 64.5 Å². The summed E-state index contributed by atoms with van der Waals surface area (Å²) in [5.41, 5.74) is 9.67. The molecule has 0 N–H and O–H groups in total. The maximum absolute atomic E-state index is 4.71. The van der Waals surface area contributed by atoms with E-state index in [1.807, 2.05) is 6.20 Å². The maximum Gasteiger partial charge on any atom is 0.0532 e. The van der Waals surface area contributed by atoms with Crippen molar-refractivity contribution in [2.45, 2.75) is 27.2 Å². The Bertz CT molecular complexity index is 859. The van der Waals surface area contributed by atoms with E-state index in [1.165, 1.54) is 49.8 Å². The maximum atomic E-state index is 4.71. The Labute approximate surface area is 119 Å². The summed E-state index contributed by atoms with van der Waals surface area (Å²) < 4.78 is 0. The molecule has 0 fully saturated rings. The molecule has 0 saturated carbocycles. The molecule has 1 heteroatoms. The quantitative estimate of drug-likeness (QED) is 0.445. The van der Waals surface area contributed by atoms with Crippen LogP contribution in [0.2, 0.25) is 0 Å². The van der Waals surface area contributed by atoms with Gasteiger partial charge in [0.25, 0.3) is 0 Å². The molecule has 1 aromatic heterocycles. The molecular formula is C19H17N. The summed E-state index contributed by atoms with van der Waals surface area (Å²) >= 11 is 0. The Kier molecular flexibility index (Phi) is 2.29. The van der Waals surface area contributed by atoms with E-state index in [0.717, 1.165) is 6.42 Å². The summed E-state index contributed by atoms with van der Waals surface area (Å²) in [7, 11) is 0. The number of benzene rings is 2. The number of rotatable bonds is 0. The zero-order valence-corrected chi connectivity index (χ0v) is 12.1. The Morgan fingerprint density at radius 2 is 1.75 bits per heavy atom. The number of hydrogen-bond donors (Lipinski definition) is 0. The minimum absolute atomic E-state index is 0.976. The smallest absolute Gasteiger partial charge is 0.0532 e. The van der Waals surface area contributed by atoms with Gasteiger partial charge in [0.05, 0.1) is 5.69 Å². The molecule has 0 aliphatic heterocycles. The number of hydrogen-bond acceptors (Lipinski definition) is 1. The predicted octanol–water partition coefficient (Wildman–Crippen LogP) is 4.73. The average molecular weight is 259 g/mol. The van der Waals surface area contributed by atoms with Crippen LogP contribution < -0.4 is 0 Å². The van der Waals surface area contributed by atoms with E-state index in [1.54, 1.807) is 0 Å². The van der Waals surface area contributed by atoms with Crippen LogP contribution in [0.1, 0.15) is 27.9 Å². The molecule has 3 aromatic rings. The van der Waals surface area contributed by atoms with Gasteiger partial charge in [-0.1, -0.05) is 30.3 Å². The van der Waals surface area contributed by atoms with Gasteiger partial charge >= 0.3 is 0 Å². The van der Waals surface area contributed by atoms with Gasteiger partial charge in [0.1, 0.15) is 0 Å². The number of aryl methyl sites for hydroxylation is 2. The van der Waals surface area contributed by atoms with Crippen LogP contribution >= 0.6 is 0 Å². The highest BCUT2D eigenvalue weighted by Crippen LogP contribution is 2.43. The van der Waals surface area contributed by atoms with Gasteiger partial charge in [-0.2, -0.15) is 0 Å². The Morgan fingerprint density at radius 1 is 0.950 bits per heavy atom. The number of pyridine rings is 1. The van der Waals surface area contributed by atoms with Crippen LogP contribution in [0.15, 0.2) is 36.5 Å². The molecule has 0 atom stereocenters. The second-order valence-corrected chi connectivity index (χ2v) is 5.83. The molecule has 1 aliphatic rings. The lowest BCUT2D eigenvalue weighted by molar-refractivity contribution is 1.11. The molecule has 0 spiro atoms. The van der Waals surface area contributed by atoms with Crippen LogP contribution in [0.3, 0.4) is 0 Å². The number of fused-ring (bicyclic) bond motifs is 5. The highest BCUT2D eigenvalue weighted by atomic mass is 14.7. The van der Waals surface area contributed by atoms with Crippen LogP contribution in [0.4, 0.5) is 0 Å². The van der Waals surface area contributed by atoms with Crippen molar-refractivity contribution >= 4 is 10.8 Å². The van der Waals surface area contributed by atoms with Crippen LogP contribution in [0.25, 0.3) is 21.9 Å². The molecule has 2 aromatic carbocycles. The van der Waals surface area contributed by atoms with Crippen molar-refractivity contribution in [1.29, 1.82) is 0 Å². The first-order valence-electron chi connectivity index (χ1n) is 7.13. The second kappa shape index (κ2) is 3.92. The third kappa shape index (κ3) is 1.41. The van der Waals surface area contributed by atoms with Crippen molar-refractivity contribution in [2.75, 3.05) is 0 Å². The molecule has 1 heterocycles. The van der Waals surface area contributed by atoms with Crippen LogP contribution in [0.5, 0.6) is 0 Å². The van der Waals surface area contributed by atoms with E-state index in [0.29, 0.717) is 0 Å². The van der Waals surface area contributed by atoms with Crippen molar-refractivity contribution in [2.24, 2.45) is 0 Å². The molecule has 98 valence electrons. The van der Waals surface area contributed by atoms with Gasteiger partial charge < -0.3 is 0 Å². The SMILES string of the molecule is Cc1cc(C)c2c(c1C)Cc1ncc3ccccc3c1-2. The third-order valence-electron chi connectivity index (χ3n) is 4.65. The van der Waals surface area contributed by atoms with Gasteiger partial charge in [0.15, 0.2) is 0 Å². The fraction of sp³-hybridized carbons (Fsp3) is 0.211. The first kappa shape index (κ1) is 11.7. The predicted molar refractivity (Wildman–Crippen MR) is 84.2 cm³/mol. The van der Waals surface area contributed by atoms with E-state index in [2.05, 4.69) is 51.1 Å². The summed E-state index contributed by atoms with van der Waals surface area (Å²) in [4.78, 5) is 4.71. The number of aromatic nitrogens is 1. The lowest BCUT2D eigenvalue weighted by Gasteiger charge is -2.12. The molecule has 0 saturated heterocycles. The van der Waals surface area contributed by atoms with E-state index in [4.69, 9.17) is 4.98 Å². The summed E-state index contributed by atoms with van der Waals surface area (Å²) in [6, 6.07) is 10.9. The molecule has 1 aliphatic carbocycles. The molecule has 20 heavy (non-hydrogen) atoms. The molecule has 0 radical (unpaired) electrons. The lowest BCUT2D eigenvalue weighted by atomic mass is 9.92. The topological polar surface area (TPSA) is 12.9 Å². The van der Waals surface area contributed by atoms with Crippen LogP contribution in [-0.2, 0) is 6.42 Å². The molecule has 0 unspecified atom stereocenters. The van der Waals surface area contributed by atoms with Crippen molar-refractivity contribution < 1.29 is 0 Å². The minimum Gasteiger partial charge on any atom is -0.260 e. The molecule has 0 bridgehead atoms. The molecule has 1 nitrogen and oxygen atoms in total. The number of nitrogens with zero attached hydrogens (tertiary/aromatic N) is 1. The summed E-state index contributed by atoms with van der Waals surface area (Å²) in [6.45, 7) is 6.67. The Morgan fingerprint density at radius 3 is 2.60 bits per heavy atom. The normalized spacial score (nSPS) is 12.6. The van der Waals surface area contributed by atoms with Crippen molar-refractivity contribution in [1.82, 2.24) is 4.98 Å². The van der Waals surface area contributed by atoms with E-state index in [9.17, 15) is 0 Å². The third-order valence-corrected chi connectivity index (χ3v) is 4.65. The second-order valence-electron chi connectivity index (χ2n) is 5.83. The van der Waals surface area contributed by atoms with Crippen molar-refractivity contribution in [3.8, 4) is 11.1 Å². The molecular weight excluding hydrogens is 242 g/mol. The first-order valence-corrected chi connectivity index (χ1v) is 7.13. The Balaban J connectivity index is 2.17. The Hall–Kier alpha value is -2.15. The monoisotopic (exact) mass is 259 g/mol. The lowest BCUT2D eigenvalue weighted by Crippen LogP contribution is -1.93. The van der Waals surface area contributed by atoms with Gasteiger partial charge in [-0.3, -0.25) is 4.98 Å². The zero-order valence-electron chi connectivity index (χ0n) is 12.1. The summed E-state index contributed by atoms with van der Waals surface area (Å²) in [5.74, 6) is 0. The minimum atomic E-state index is 0.976. The van der Waals surface area contributed by atoms with Crippen LogP contribution in [-0.4, -0.2) is 4.98 Å². The van der Waals surface area contributed by atoms with E-state index < -0.39 is 0 Å². The fourth-order valence-corrected chi connectivity index (χ4v) is 3.52. The van der Waals surface area contributed by atoms with Gasteiger partial charge in [0.2, 0.25) is 0 Å². The van der Waals surface area contributed by atoms with E-state index >= 15 is 0 Å². The van der Waals surface area contributed by atoms with E-state index in [-0.39, 0.29) is 0 Å². The molecule has 0 amide bonds. The van der Waals surface area contributed by atoms with Gasteiger partial charge in [-0.25, -0.2) is 0 Å². The highest BCUT2D eigenvalue weighted by Gasteiger charge is 2.25. The van der Waals surface area contributed by atoms with Crippen LogP contribution in [0, 0.1) is 20.8 Å². The van der Waals surface area contributed by atoms with Gasteiger partial charge in [-0.05, 0) is 54.0 Å². The zero-order chi connectivity index (χ0) is 13.9. The summed E-state index contributed by atoms with van der Waals surface area (Å²) in [5, 5.41) is 2.57. The standard InChI is InChI=1S/C19H17N/c1-11-8-12(2)18-16(13(11)3)9-17-19(18)15-7-5-4-6-14(15)10-20-17/h4-8,10H,9H2,1-3H3.